The van der Waals surface area contributed by atoms with E-state index in [2.05, 4.69) is 5.32 Å². The van der Waals surface area contributed by atoms with Crippen molar-refractivity contribution in [3.8, 4) is 0 Å². The summed E-state index contributed by atoms with van der Waals surface area (Å²) in [4.78, 5) is 34.9. The molecule has 1 aromatic rings. The highest BCUT2D eigenvalue weighted by Gasteiger charge is 2.27. The summed E-state index contributed by atoms with van der Waals surface area (Å²) >= 11 is 5.74. The van der Waals surface area contributed by atoms with Crippen molar-refractivity contribution in [1.29, 1.82) is 0 Å². The molecule has 0 radical (unpaired) electrons. The highest BCUT2D eigenvalue weighted by atomic mass is 35.5. The van der Waals surface area contributed by atoms with Crippen LogP contribution in [0.2, 0.25) is 5.02 Å². The molecule has 1 aromatic carbocycles. The third kappa shape index (κ3) is 5.01. The normalized spacial score (nSPS) is 11.6. The fourth-order valence-electron chi connectivity index (χ4n) is 1.57. The lowest BCUT2D eigenvalue weighted by Crippen LogP contribution is -2.30. The molecule has 1 atom stereocenters. The largest absolute Gasteiger partial charge is 0.466 e. The first-order valence-corrected chi connectivity index (χ1v) is 6.54. The minimum Gasteiger partial charge on any atom is -0.466 e. The summed E-state index contributed by atoms with van der Waals surface area (Å²) in [5.74, 6) is -2.54. The quantitative estimate of drug-likeness (QED) is 0.646. The lowest BCUT2D eigenvalue weighted by atomic mass is 10.00. The molecule has 1 unspecified atom stereocenters. The van der Waals surface area contributed by atoms with Gasteiger partial charge in [-0.3, -0.25) is 14.4 Å². The van der Waals surface area contributed by atoms with Crippen molar-refractivity contribution >= 4 is 34.9 Å². The molecule has 0 aliphatic carbocycles. The van der Waals surface area contributed by atoms with Gasteiger partial charge >= 0.3 is 5.97 Å². The van der Waals surface area contributed by atoms with Gasteiger partial charge in [0.2, 0.25) is 5.91 Å². The van der Waals surface area contributed by atoms with Crippen molar-refractivity contribution in [2.24, 2.45) is 5.92 Å². The number of ether oxygens (including phenoxy) is 1. The molecule has 0 spiro atoms. The Labute approximate surface area is 122 Å². The molecule has 20 heavy (non-hydrogen) atoms. The monoisotopic (exact) mass is 297 g/mol. The van der Waals surface area contributed by atoms with Crippen molar-refractivity contribution in [2.45, 2.75) is 20.3 Å². The zero-order valence-corrected chi connectivity index (χ0v) is 12.1. The van der Waals surface area contributed by atoms with E-state index < -0.39 is 17.8 Å². The molecule has 6 heteroatoms. The molecule has 0 aliphatic rings. The Morgan fingerprint density at radius 1 is 1.25 bits per heavy atom. The van der Waals surface area contributed by atoms with E-state index in [0.717, 1.165) is 0 Å². The smallest absolute Gasteiger partial charge is 0.307 e. The van der Waals surface area contributed by atoms with Gasteiger partial charge in [0, 0.05) is 10.7 Å². The maximum absolute atomic E-state index is 12.0. The number of rotatable bonds is 6. The van der Waals surface area contributed by atoms with E-state index in [1.54, 1.807) is 31.2 Å². The van der Waals surface area contributed by atoms with E-state index in [4.69, 9.17) is 16.3 Å². The maximum Gasteiger partial charge on any atom is 0.307 e. The Hall–Kier alpha value is -1.88. The molecule has 5 nitrogen and oxygen atoms in total. The van der Waals surface area contributed by atoms with E-state index in [0.29, 0.717) is 10.7 Å². The van der Waals surface area contributed by atoms with Gasteiger partial charge < -0.3 is 10.1 Å². The van der Waals surface area contributed by atoms with Crippen molar-refractivity contribution in [2.75, 3.05) is 11.9 Å². The number of benzene rings is 1. The van der Waals surface area contributed by atoms with Crippen molar-refractivity contribution in [3.63, 3.8) is 0 Å². The number of hydrogen-bond donors (Lipinski definition) is 1. The molecule has 0 bridgehead atoms. The molecular formula is C14H16ClNO4. The predicted molar refractivity (Wildman–Crippen MR) is 75.5 cm³/mol. The van der Waals surface area contributed by atoms with Crippen LogP contribution in [0.15, 0.2) is 24.3 Å². The van der Waals surface area contributed by atoms with Crippen LogP contribution in [0, 0.1) is 5.92 Å². The number of carbonyl (C=O) groups is 3. The number of carbonyl (C=O) groups excluding carboxylic acids is 3. The van der Waals surface area contributed by atoms with Crippen molar-refractivity contribution < 1.29 is 19.1 Å². The average Bonchev–Trinajstić information content (AvgIpc) is 2.38. The minimum absolute atomic E-state index is 0.211. The molecule has 0 saturated heterocycles. The number of hydrogen-bond acceptors (Lipinski definition) is 4. The van der Waals surface area contributed by atoms with Crippen LogP contribution in [0.1, 0.15) is 20.3 Å². The van der Waals surface area contributed by atoms with Crippen LogP contribution in [-0.2, 0) is 19.1 Å². The van der Waals surface area contributed by atoms with E-state index in [9.17, 15) is 14.4 Å². The van der Waals surface area contributed by atoms with Gasteiger partial charge in [0.05, 0.1) is 13.0 Å². The SMILES string of the molecule is CCOC(=O)CC(C(C)=O)C(=O)Nc1ccc(Cl)cc1. The second-order valence-corrected chi connectivity index (χ2v) is 4.60. The molecule has 0 saturated carbocycles. The number of nitrogens with one attached hydrogen (secondary N) is 1. The van der Waals surface area contributed by atoms with E-state index >= 15 is 0 Å². The van der Waals surface area contributed by atoms with Crippen LogP contribution in [0.5, 0.6) is 0 Å². The molecule has 1 amide bonds. The van der Waals surface area contributed by atoms with E-state index in [-0.39, 0.29) is 18.8 Å². The third-order valence-corrected chi connectivity index (χ3v) is 2.85. The van der Waals surface area contributed by atoms with Gasteiger partial charge in [-0.05, 0) is 38.1 Å². The molecule has 0 fully saturated rings. The van der Waals surface area contributed by atoms with Gasteiger partial charge in [0.1, 0.15) is 11.7 Å². The van der Waals surface area contributed by atoms with Crippen LogP contribution in [0.25, 0.3) is 0 Å². The van der Waals surface area contributed by atoms with Crippen LogP contribution in [0.4, 0.5) is 5.69 Å². The summed E-state index contributed by atoms with van der Waals surface area (Å²) < 4.78 is 4.75. The lowest BCUT2D eigenvalue weighted by Gasteiger charge is -2.13. The van der Waals surface area contributed by atoms with Gasteiger partial charge in [0.25, 0.3) is 0 Å². The van der Waals surface area contributed by atoms with Gasteiger partial charge in [-0.1, -0.05) is 11.6 Å². The Bertz CT molecular complexity index is 498. The second kappa shape index (κ2) is 7.65. The lowest BCUT2D eigenvalue weighted by molar-refractivity contribution is -0.148. The topological polar surface area (TPSA) is 72.5 Å². The molecule has 108 valence electrons. The van der Waals surface area contributed by atoms with Gasteiger partial charge in [0.15, 0.2) is 0 Å². The Morgan fingerprint density at radius 3 is 2.35 bits per heavy atom. The number of anilines is 1. The average molecular weight is 298 g/mol. The molecule has 0 aromatic heterocycles. The number of amides is 1. The molecule has 1 rings (SSSR count). The summed E-state index contributed by atoms with van der Waals surface area (Å²) in [6.07, 6.45) is -0.261. The summed E-state index contributed by atoms with van der Waals surface area (Å²) in [5.41, 5.74) is 0.509. The summed E-state index contributed by atoms with van der Waals surface area (Å²) in [7, 11) is 0. The molecule has 1 N–H and O–H groups in total. The highest BCUT2D eigenvalue weighted by Crippen LogP contribution is 2.16. The highest BCUT2D eigenvalue weighted by molar-refractivity contribution is 6.30. The Morgan fingerprint density at radius 2 is 1.85 bits per heavy atom. The first-order chi connectivity index (χ1) is 9.43. The number of halogens is 1. The van der Waals surface area contributed by atoms with Gasteiger partial charge in [-0.2, -0.15) is 0 Å². The fourth-order valence-corrected chi connectivity index (χ4v) is 1.70. The molecular weight excluding hydrogens is 282 g/mol. The van der Waals surface area contributed by atoms with Crippen molar-refractivity contribution in [1.82, 2.24) is 0 Å². The number of Topliss-reactive ketones (excluding diaryl/α,β-unsaturated/α-hetero) is 1. The zero-order valence-electron chi connectivity index (χ0n) is 11.3. The van der Waals surface area contributed by atoms with Crippen LogP contribution >= 0.6 is 11.6 Å². The van der Waals surface area contributed by atoms with E-state index in [1.807, 2.05) is 0 Å². The second-order valence-electron chi connectivity index (χ2n) is 4.17. The van der Waals surface area contributed by atoms with Crippen LogP contribution in [0.3, 0.4) is 0 Å². The Balaban J connectivity index is 2.71. The predicted octanol–water partition coefficient (Wildman–Crippen LogP) is 2.44. The standard InChI is InChI=1S/C14H16ClNO4/c1-3-20-13(18)8-12(9(2)17)14(19)16-11-6-4-10(15)5-7-11/h4-7,12H,3,8H2,1-2H3,(H,16,19). The number of esters is 1. The summed E-state index contributed by atoms with van der Waals surface area (Å²) in [5, 5.41) is 3.11. The number of ketones is 1. The maximum atomic E-state index is 12.0. The zero-order chi connectivity index (χ0) is 15.1. The first kappa shape index (κ1) is 16.2. The Kier molecular flexibility index (Phi) is 6.18. The first-order valence-electron chi connectivity index (χ1n) is 6.16. The summed E-state index contributed by atoms with van der Waals surface area (Å²) in [6.45, 7) is 3.14. The van der Waals surface area contributed by atoms with Crippen LogP contribution < -0.4 is 5.32 Å². The molecule has 0 aliphatic heterocycles. The fraction of sp³-hybridized carbons (Fsp3) is 0.357. The third-order valence-electron chi connectivity index (χ3n) is 2.60. The van der Waals surface area contributed by atoms with Crippen molar-refractivity contribution in [3.05, 3.63) is 29.3 Å². The van der Waals surface area contributed by atoms with Gasteiger partial charge in [-0.15, -0.1) is 0 Å². The van der Waals surface area contributed by atoms with E-state index in [1.165, 1.54) is 6.92 Å². The summed E-state index contributed by atoms with van der Waals surface area (Å²) in [6, 6.07) is 6.46. The minimum atomic E-state index is -1.05. The van der Waals surface area contributed by atoms with Gasteiger partial charge in [-0.25, -0.2) is 0 Å². The van der Waals surface area contributed by atoms with Crippen LogP contribution in [-0.4, -0.2) is 24.3 Å². The molecule has 0 heterocycles.